The lowest BCUT2D eigenvalue weighted by atomic mass is 10.2. The third-order valence-corrected chi connectivity index (χ3v) is 2.32. The number of amides is 3. The fraction of sp³-hybridized carbons (Fsp3) is 0.786. The molecule has 0 fully saturated rings. The molecule has 3 amide bonds. The van der Waals surface area contributed by atoms with Gasteiger partial charge in [-0.25, -0.2) is 4.79 Å². The number of nitrogens with one attached hydrogen (secondary N) is 3. The number of hydrogen-bond acceptors (Lipinski definition) is 4. The molecule has 0 aliphatic rings. The van der Waals surface area contributed by atoms with Gasteiger partial charge in [-0.05, 0) is 27.2 Å². The molecule has 0 aliphatic carbocycles. The molecule has 0 rings (SSSR count). The van der Waals surface area contributed by atoms with E-state index in [1.54, 1.807) is 20.8 Å². The van der Waals surface area contributed by atoms with E-state index in [2.05, 4.69) is 16.0 Å². The standard InChI is InChI=1S/C14H27N3O4/c1-5-6-7-11(18)15-8-9-16-12(19)10-17-13(20)21-14(2,3)4/h5-10H2,1-4H3,(H,15,18)(H,16,19)(H,17,20). The van der Waals surface area contributed by atoms with Crippen LogP contribution in [0, 0.1) is 0 Å². The molecule has 0 aromatic carbocycles. The summed E-state index contributed by atoms with van der Waals surface area (Å²) in [7, 11) is 0. The Labute approximate surface area is 126 Å². The number of ether oxygens (including phenoxy) is 1. The number of carbonyl (C=O) groups is 3. The van der Waals surface area contributed by atoms with Crippen LogP contribution in [-0.4, -0.2) is 43.1 Å². The first-order valence-corrected chi connectivity index (χ1v) is 7.25. The number of carbonyl (C=O) groups excluding carboxylic acids is 3. The fourth-order valence-corrected chi connectivity index (χ4v) is 1.36. The van der Waals surface area contributed by atoms with Gasteiger partial charge in [0, 0.05) is 19.5 Å². The van der Waals surface area contributed by atoms with Crippen molar-refractivity contribution in [1.29, 1.82) is 0 Å². The van der Waals surface area contributed by atoms with Gasteiger partial charge in [0.05, 0.1) is 6.54 Å². The lowest BCUT2D eigenvalue weighted by molar-refractivity contribution is -0.122. The molecule has 0 heterocycles. The minimum atomic E-state index is -0.634. The van der Waals surface area contributed by atoms with Crippen molar-refractivity contribution in [3.63, 3.8) is 0 Å². The smallest absolute Gasteiger partial charge is 0.408 e. The van der Waals surface area contributed by atoms with Crippen molar-refractivity contribution in [2.45, 2.75) is 52.6 Å². The maximum absolute atomic E-state index is 11.4. The highest BCUT2D eigenvalue weighted by Gasteiger charge is 2.16. The van der Waals surface area contributed by atoms with Gasteiger partial charge in [0.15, 0.2) is 0 Å². The SMILES string of the molecule is CCCCC(=O)NCCNC(=O)CNC(=O)OC(C)(C)C. The van der Waals surface area contributed by atoms with Crippen molar-refractivity contribution in [1.82, 2.24) is 16.0 Å². The van der Waals surface area contributed by atoms with Crippen molar-refractivity contribution in [2.24, 2.45) is 0 Å². The summed E-state index contributed by atoms with van der Waals surface area (Å²) in [5, 5.41) is 7.65. The van der Waals surface area contributed by atoms with Gasteiger partial charge in [-0.1, -0.05) is 13.3 Å². The second-order valence-electron chi connectivity index (χ2n) is 5.66. The normalized spacial score (nSPS) is 10.7. The topological polar surface area (TPSA) is 96.5 Å². The third-order valence-electron chi connectivity index (χ3n) is 2.32. The van der Waals surface area contributed by atoms with Gasteiger partial charge in [-0.2, -0.15) is 0 Å². The molecule has 0 aromatic rings. The predicted octanol–water partition coefficient (Wildman–Crippen LogP) is 0.934. The first-order chi connectivity index (χ1) is 9.74. The number of hydrogen-bond donors (Lipinski definition) is 3. The molecule has 3 N–H and O–H groups in total. The van der Waals surface area contributed by atoms with E-state index >= 15 is 0 Å². The van der Waals surface area contributed by atoms with Gasteiger partial charge < -0.3 is 20.7 Å². The summed E-state index contributed by atoms with van der Waals surface area (Å²) >= 11 is 0. The zero-order valence-electron chi connectivity index (χ0n) is 13.4. The Hall–Kier alpha value is -1.79. The summed E-state index contributed by atoms with van der Waals surface area (Å²) in [5.74, 6) is -0.346. The van der Waals surface area contributed by atoms with Gasteiger partial charge in [0.1, 0.15) is 5.60 Å². The van der Waals surface area contributed by atoms with Crippen molar-refractivity contribution < 1.29 is 19.1 Å². The Kier molecular flexibility index (Phi) is 9.16. The van der Waals surface area contributed by atoms with Crippen molar-refractivity contribution in [3.05, 3.63) is 0 Å². The highest BCUT2D eigenvalue weighted by atomic mass is 16.6. The van der Waals surface area contributed by atoms with Gasteiger partial charge in [0.25, 0.3) is 0 Å². The molecule has 7 nitrogen and oxygen atoms in total. The quantitative estimate of drug-likeness (QED) is 0.581. The maximum Gasteiger partial charge on any atom is 0.408 e. The molecule has 0 aliphatic heterocycles. The fourth-order valence-electron chi connectivity index (χ4n) is 1.36. The lowest BCUT2D eigenvalue weighted by Crippen LogP contribution is -2.41. The van der Waals surface area contributed by atoms with E-state index in [9.17, 15) is 14.4 Å². The van der Waals surface area contributed by atoms with Crippen LogP contribution in [0.1, 0.15) is 47.0 Å². The minimum absolute atomic E-state index is 0.0158. The van der Waals surface area contributed by atoms with Crippen molar-refractivity contribution >= 4 is 17.9 Å². The Balaban J connectivity index is 3.63. The predicted molar refractivity (Wildman–Crippen MR) is 79.8 cm³/mol. The molecular formula is C14H27N3O4. The zero-order valence-corrected chi connectivity index (χ0v) is 13.4. The van der Waals surface area contributed by atoms with Crippen LogP contribution in [-0.2, 0) is 14.3 Å². The average molecular weight is 301 g/mol. The Bertz CT molecular complexity index is 351. The molecule has 7 heteroatoms. The molecule has 0 bridgehead atoms. The summed E-state index contributed by atoms with van der Waals surface area (Å²) in [6.45, 7) is 7.80. The average Bonchev–Trinajstić information content (AvgIpc) is 2.37. The summed E-state index contributed by atoms with van der Waals surface area (Å²) in [5.41, 5.74) is -0.594. The van der Waals surface area contributed by atoms with Gasteiger partial charge in [0.2, 0.25) is 11.8 Å². The Morgan fingerprint density at radius 2 is 1.52 bits per heavy atom. The molecule has 0 aromatic heterocycles. The van der Waals surface area contributed by atoms with E-state index in [4.69, 9.17) is 4.74 Å². The van der Waals surface area contributed by atoms with Crippen LogP contribution in [0.25, 0.3) is 0 Å². The molecule has 122 valence electrons. The summed E-state index contributed by atoms with van der Waals surface area (Å²) in [6.07, 6.45) is 1.70. The molecule has 0 saturated heterocycles. The van der Waals surface area contributed by atoms with Crippen LogP contribution in [0.2, 0.25) is 0 Å². The summed E-state index contributed by atoms with van der Waals surface area (Å²) in [4.78, 5) is 34.0. The molecular weight excluding hydrogens is 274 g/mol. The minimum Gasteiger partial charge on any atom is -0.444 e. The van der Waals surface area contributed by atoms with E-state index in [0.29, 0.717) is 19.5 Å². The van der Waals surface area contributed by atoms with E-state index in [-0.39, 0.29) is 18.4 Å². The monoisotopic (exact) mass is 301 g/mol. The molecule has 0 saturated carbocycles. The van der Waals surface area contributed by atoms with Crippen LogP contribution in [0.5, 0.6) is 0 Å². The molecule has 0 spiro atoms. The largest absolute Gasteiger partial charge is 0.444 e. The Morgan fingerprint density at radius 3 is 2.05 bits per heavy atom. The molecule has 21 heavy (non-hydrogen) atoms. The van der Waals surface area contributed by atoms with E-state index in [1.165, 1.54) is 0 Å². The summed E-state index contributed by atoms with van der Waals surface area (Å²) < 4.78 is 5.00. The zero-order chi connectivity index (χ0) is 16.3. The number of alkyl carbamates (subject to hydrolysis) is 1. The first kappa shape index (κ1) is 19.2. The van der Waals surface area contributed by atoms with Crippen molar-refractivity contribution in [3.8, 4) is 0 Å². The van der Waals surface area contributed by atoms with Crippen LogP contribution in [0.15, 0.2) is 0 Å². The Morgan fingerprint density at radius 1 is 0.952 bits per heavy atom. The van der Waals surface area contributed by atoms with E-state index in [1.807, 2.05) is 6.92 Å². The highest BCUT2D eigenvalue weighted by molar-refractivity contribution is 5.82. The van der Waals surface area contributed by atoms with Crippen molar-refractivity contribution in [2.75, 3.05) is 19.6 Å². The van der Waals surface area contributed by atoms with Crippen LogP contribution >= 0.6 is 0 Å². The van der Waals surface area contributed by atoms with E-state index < -0.39 is 11.7 Å². The first-order valence-electron chi connectivity index (χ1n) is 7.25. The second kappa shape index (κ2) is 10.0. The maximum atomic E-state index is 11.4. The molecule has 0 unspecified atom stereocenters. The molecule has 0 radical (unpaired) electrons. The highest BCUT2D eigenvalue weighted by Crippen LogP contribution is 2.05. The van der Waals surface area contributed by atoms with Crippen LogP contribution in [0.3, 0.4) is 0 Å². The van der Waals surface area contributed by atoms with Crippen LogP contribution < -0.4 is 16.0 Å². The van der Waals surface area contributed by atoms with Gasteiger partial charge in [-0.3, -0.25) is 9.59 Å². The van der Waals surface area contributed by atoms with Crippen LogP contribution in [0.4, 0.5) is 4.79 Å². The van der Waals surface area contributed by atoms with Gasteiger partial charge in [-0.15, -0.1) is 0 Å². The number of unbranched alkanes of at least 4 members (excludes halogenated alkanes) is 1. The van der Waals surface area contributed by atoms with E-state index in [0.717, 1.165) is 12.8 Å². The summed E-state index contributed by atoms with van der Waals surface area (Å²) in [6, 6.07) is 0. The number of rotatable bonds is 8. The second-order valence-corrected chi connectivity index (χ2v) is 5.66. The third kappa shape index (κ3) is 13.0. The molecule has 0 atom stereocenters. The lowest BCUT2D eigenvalue weighted by Gasteiger charge is -2.19. The van der Waals surface area contributed by atoms with Gasteiger partial charge >= 0.3 is 6.09 Å².